The fourth-order valence-electron chi connectivity index (χ4n) is 2.06. The summed E-state index contributed by atoms with van der Waals surface area (Å²) in [6, 6.07) is 8.48. The summed E-state index contributed by atoms with van der Waals surface area (Å²) in [4.78, 5) is 5.87. The number of hydrazone groups is 1. The zero-order valence-electron chi connectivity index (χ0n) is 13.2. The van der Waals surface area contributed by atoms with E-state index in [4.69, 9.17) is 0 Å². The molecule has 0 bridgehead atoms. The van der Waals surface area contributed by atoms with Crippen LogP contribution in [0.4, 0.5) is 5.13 Å². The van der Waals surface area contributed by atoms with Gasteiger partial charge < -0.3 is 0 Å². The molecule has 0 spiro atoms. The molecule has 0 aliphatic carbocycles. The van der Waals surface area contributed by atoms with Gasteiger partial charge in [0.2, 0.25) is 5.13 Å². The van der Waals surface area contributed by atoms with Gasteiger partial charge in [0.05, 0.1) is 5.69 Å². The quantitative estimate of drug-likeness (QED) is 0.572. The molecule has 4 heteroatoms. The number of aryl methyl sites for hydroxylation is 2. The monoisotopic (exact) mass is 301 g/mol. The Hall–Kier alpha value is -1.68. The average molecular weight is 301 g/mol. The molecule has 21 heavy (non-hydrogen) atoms. The van der Waals surface area contributed by atoms with E-state index in [1.807, 2.05) is 0 Å². The van der Waals surface area contributed by atoms with E-state index in [1.54, 1.807) is 11.3 Å². The Bertz CT molecular complexity index is 611. The molecule has 0 aliphatic heterocycles. The first kappa shape index (κ1) is 15.7. The van der Waals surface area contributed by atoms with Crippen LogP contribution in [0.5, 0.6) is 0 Å². The second-order valence-electron chi connectivity index (χ2n) is 5.35. The highest BCUT2D eigenvalue weighted by molar-refractivity contribution is 7.15. The molecule has 112 valence electrons. The number of unbranched alkanes of at least 4 members (excludes halogenated alkanes) is 1. The molecule has 1 heterocycles. The Morgan fingerprint density at radius 2 is 1.95 bits per heavy atom. The molecule has 2 rings (SSSR count). The highest BCUT2D eigenvalue weighted by Gasteiger charge is 2.09. The third kappa shape index (κ3) is 4.39. The molecule has 1 aromatic heterocycles. The van der Waals surface area contributed by atoms with Crippen molar-refractivity contribution in [3.05, 3.63) is 34.7 Å². The molecule has 0 fully saturated rings. The third-order valence-electron chi connectivity index (χ3n) is 3.36. The van der Waals surface area contributed by atoms with Gasteiger partial charge in [-0.1, -0.05) is 43.2 Å². The summed E-state index contributed by atoms with van der Waals surface area (Å²) in [5.41, 5.74) is 7.69. The molecule has 1 aromatic carbocycles. The normalized spacial score (nSPS) is 11.7. The SMILES string of the molecule is CCCC/C(C)=N/Nc1nc(-c2ccc(C)cc2)c(C)s1. The number of thiazole rings is 1. The summed E-state index contributed by atoms with van der Waals surface area (Å²) < 4.78 is 0. The van der Waals surface area contributed by atoms with E-state index < -0.39 is 0 Å². The van der Waals surface area contributed by atoms with E-state index in [2.05, 4.69) is 67.5 Å². The maximum atomic E-state index is 4.66. The Labute approximate surface area is 131 Å². The fourth-order valence-corrected chi connectivity index (χ4v) is 2.83. The first-order valence-corrected chi connectivity index (χ1v) is 8.25. The van der Waals surface area contributed by atoms with Gasteiger partial charge in [0.1, 0.15) is 0 Å². The standard InChI is InChI=1S/C17H23N3S/c1-5-6-7-13(3)19-20-17-18-16(14(4)21-17)15-10-8-12(2)9-11-15/h8-11H,5-7H2,1-4H3,(H,18,20)/b19-13+. The summed E-state index contributed by atoms with van der Waals surface area (Å²) in [6.07, 6.45) is 3.42. The molecule has 0 unspecified atom stereocenters. The van der Waals surface area contributed by atoms with Crippen molar-refractivity contribution in [2.24, 2.45) is 5.10 Å². The van der Waals surface area contributed by atoms with E-state index >= 15 is 0 Å². The van der Waals surface area contributed by atoms with Crippen LogP contribution in [-0.4, -0.2) is 10.7 Å². The number of rotatable bonds is 6. The van der Waals surface area contributed by atoms with Crippen LogP contribution in [0, 0.1) is 13.8 Å². The van der Waals surface area contributed by atoms with Crippen LogP contribution in [0.3, 0.4) is 0 Å². The molecule has 0 aliphatic rings. The maximum absolute atomic E-state index is 4.66. The fraction of sp³-hybridized carbons (Fsp3) is 0.412. The molecule has 0 amide bonds. The van der Waals surface area contributed by atoms with Crippen molar-refractivity contribution in [2.45, 2.75) is 47.0 Å². The summed E-state index contributed by atoms with van der Waals surface area (Å²) in [5, 5.41) is 5.27. The van der Waals surface area contributed by atoms with Crippen LogP contribution in [0.15, 0.2) is 29.4 Å². The Kier molecular flexibility index (Phi) is 5.51. The minimum absolute atomic E-state index is 0.860. The molecule has 1 N–H and O–H groups in total. The van der Waals surface area contributed by atoms with E-state index in [0.717, 1.165) is 28.5 Å². The van der Waals surface area contributed by atoms with Gasteiger partial charge in [-0.15, -0.1) is 11.3 Å². The lowest BCUT2D eigenvalue weighted by Crippen LogP contribution is -1.97. The van der Waals surface area contributed by atoms with Crippen LogP contribution in [0.1, 0.15) is 43.6 Å². The maximum Gasteiger partial charge on any atom is 0.204 e. The van der Waals surface area contributed by atoms with Crippen LogP contribution in [-0.2, 0) is 0 Å². The van der Waals surface area contributed by atoms with Gasteiger partial charge >= 0.3 is 0 Å². The van der Waals surface area contributed by atoms with Crippen molar-refractivity contribution < 1.29 is 0 Å². The second-order valence-corrected chi connectivity index (χ2v) is 6.56. The Morgan fingerprint density at radius 3 is 2.62 bits per heavy atom. The van der Waals surface area contributed by atoms with Gasteiger partial charge in [-0.25, -0.2) is 4.98 Å². The van der Waals surface area contributed by atoms with Gasteiger partial charge in [0, 0.05) is 16.2 Å². The van der Waals surface area contributed by atoms with Gasteiger partial charge in [-0.3, -0.25) is 5.43 Å². The molecule has 0 saturated carbocycles. The summed E-state index contributed by atoms with van der Waals surface area (Å²) in [7, 11) is 0. The summed E-state index contributed by atoms with van der Waals surface area (Å²) in [6.45, 7) is 8.45. The first-order chi connectivity index (χ1) is 10.1. The lowest BCUT2D eigenvalue weighted by Gasteiger charge is -2.00. The molecule has 0 atom stereocenters. The number of benzene rings is 1. The van der Waals surface area contributed by atoms with Crippen molar-refractivity contribution in [2.75, 3.05) is 5.43 Å². The first-order valence-electron chi connectivity index (χ1n) is 7.43. The largest absolute Gasteiger partial charge is 0.253 e. The number of hydrogen-bond acceptors (Lipinski definition) is 4. The summed E-state index contributed by atoms with van der Waals surface area (Å²) in [5.74, 6) is 0. The van der Waals surface area contributed by atoms with E-state index in [-0.39, 0.29) is 0 Å². The highest BCUT2D eigenvalue weighted by Crippen LogP contribution is 2.30. The van der Waals surface area contributed by atoms with Crippen molar-refractivity contribution >= 4 is 22.2 Å². The Balaban J connectivity index is 2.10. The number of nitrogens with one attached hydrogen (secondary N) is 1. The van der Waals surface area contributed by atoms with E-state index in [0.29, 0.717) is 0 Å². The van der Waals surface area contributed by atoms with Gasteiger partial charge in [-0.2, -0.15) is 5.10 Å². The van der Waals surface area contributed by atoms with Crippen LogP contribution in [0.25, 0.3) is 11.3 Å². The van der Waals surface area contributed by atoms with Crippen LogP contribution >= 0.6 is 11.3 Å². The molecule has 0 radical (unpaired) electrons. The molecule has 3 nitrogen and oxygen atoms in total. The van der Waals surface area contributed by atoms with Gasteiger partial charge in [0.25, 0.3) is 0 Å². The highest BCUT2D eigenvalue weighted by atomic mass is 32.1. The van der Waals surface area contributed by atoms with Crippen molar-refractivity contribution in [3.63, 3.8) is 0 Å². The third-order valence-corrected chi connectivity index (χ3v) is 4.23. The molecular weight excluding hydrogens is 278 g/mol. The zero-order valence-corrected chi connectivity index (χ0v) is 14.0. The minimum Gasteiger partial charge on any atom is -0.253 e. The van der Waals surface area contributed by atoms with Gasteiger partial charge in [-0.05, 0) is 33.6 Å². The minimum atomic E-state index is 0.860. The van der Waals surface area contributed by atoms with E-state index in [1.165, 1.54) is 23.3 Å². The number of hydrogen-bond donors (Lipinski definition) is 1. The lowest BCUT2D eigenvalue weighted by molar-refractivity contribution is 0.832. The smallest absolute Gasteiger partial charge is 0.204 e. The van der Waals surface area contributed by atoms with Crippen molar-refractivity contribution in [3.8, 4) is 11.3 Å². The molecular formula is C17H23N3S. The predicted octanol–water partition coefficient (Wildman–Crippen LogP) is 5.40. The van der Waals surface area contributed by atoms with Crippen LogP contribution < -0.4 is 5.43 Å². The summed E-state index contributed by atoms with van der Waals surface area (Å²) >= 11 is 1.65. The zero-order chi connectivity index (χ0) is 15.2. The van der Waals surface area contributed by atoms with E-state index in [9.17, 15) is 0 Å². The van der Waals surface area contributed by atoms with Crippen LogP contribution in [0.2, 0.25) is 0 Å². The second kappa shape index (κ2) is 7.36. The topological polar surface area (TPSA) is 37.3 Å². The Morgan fingerprint density at radius 1 is 1.24 bits per heavy atom. The predicted molar refractivity (Wildman–Crippen MR) is 93.3 cm³/mol. The molecule has 0 saturated heterocycles. The van der Waals surface area contributed by atoms with Gasteiger partial charge in [0.15, 0.2) is 0 Å². The number of nitrogens with zero attached hydrogens (tertiary/aromatic N) is 2. The van der Waals surface area contributed by atoms with Crippen molar-refractivity contribution in [1.29, 1.82) is 0 Å². The number of anilines is 1. The van der Waals surface area contributed by atoms with Crippen molar-refractivity contribution in [1.82, 2.24) is 4.98 Å². The average Bonchev–Trinajstić information content (AvgIpc) is 2.85. The number of aromatic nitrogens is 1. The molecule has 2 aromatic rings. The lowest BCUT2D eigenvalue weighted by atomic mass is 10.1.